The van der Waals surface area contributed by atoms with E-state index < -0.39 is 5.97 Å². The molecule has 0 aromatic heterocycles. The van der Waals surface area contributed by atoms with Crippen molar-refractivity contribution in [1.82, 2.24) is 0 Å². The number of ether oxygens (including phenoxy) is 1. The Labute approximate surface area is 158 Å². The molecule has 5 nitrogen and oxygen atoms in total. The first kappa shape index (κ1) is 18.5. The van der Waals surface area contributed by atoms with E-state index in [9.17, 15) is 10.1 Å². The summed E-state index contributed by atoms with van der Waals surface area (Å²) in [5, 5.41) is 21.7. The number of nitriles is 1. The van der Waals surface area contributed by atoms with E-state index in [-0.39, 0.29) is 12.1 Å². The standard InChI is InChI=1S/C22H22N2O3/c1-13(2)15-4-6-16(7-5-15)18-10-20(24-12-14(3)22(25)26)19(11-23)17-8-9-27-21(17)18/h4-7,10,13,24H,3,8-9,12H2,1-2H3,(H,25,26). The number of rotatable bonds is 6. The second-order valence-electron chi connectivity index (χ2n) is 6.90. The second-order valence-corrected chi connectivity index (χ2v) is 6.90. The van der Waals surface area contributed by atoms with E-state index in [0.717, 1.165) is 22.4 Å². The molecular weight excluding hydrogens is 340 g/mol. The Morgan fingerprint density at radius 1 is 1.37 bits per heavy atom. The van der Waals surface area contributed by atoms with Crippen molar-refractivity contribution in [2.24, 2.45) is 0 Å². The zero-order chi connectivity index (χ0) is 19.6. The average Bonchev–Trinajstić information content (AvgIpc) is 3.14. The van der Waals surface area contributed by atoms with Gasteiger partial charge in [0.15, 0.2) is 0 Å². The van der Waals surface area contributed by atoms with Gasteiger partial charge < -0.3 is 15.2 Å². The highest BCUT2D eigenvalue weighted by Gasteiger charge is 2.24. The van der Waals surface area contributed by atoms with Crippen LogP contribution < -0.4 is 10.1 Å². The zero-order valence-electron chi connectivity index (χ0n) is 15.5. The number of aliphatic carboxylic acids is 1. The lowest BCUT2D eigenvalue weighted by atomic mass is 9.94. The quantitative estimate of drug-likeness (QED) is 0.747. The third-order valence-corrected chi connectivity index (χ3v) is 4.77. The molecule has 0 amide bonds. The van der Waals surface area contributed by atoms with Crippen molar-refractivity contribution in [3.63, 3.8) is 0 Å². The van der Waals surface area contributed by atoms with Crippen LogP contribution in [0.1, 0.15) is 36.5 Å². The number of benzene rings is 2. The largest absolute Gasteiger partial charge is 0.492 e. The number of anilines is 1. The molecule has 1 aliphatic rings. The molecule has 3 rings (SSSR count). The summed E-state index contributed by atoms with van der Waals surface area (Å²) in [5.41, 5.74) is 5.17. The molecule has 27 heavy (non-hydrogen) atoms. The summed E-state index contributed by atoms with van der Waals surface area (Å²) in [6.07, 6.45) is 0.657. The van der Waals surface area contributed by atoms with Gasteiger partial charge in [-0.25, -0.2) is 4.79 Å². The molecule has 1 heterocycles. The molecule has 0 radical (unpaired) electrons. The van der Waals surface area contributed by atoms with E-state index in [1.54, 1.807) is 0 Å². The molecule has 5 heteroatoms. The van der Waals surface area contributed by atoms with Crippen LogP contribution in [0.2, 0.25) is 0 Å². The van der Waals surface area contributed by atoms with Crippen molar-refractivity contribution in [1.29, 1.82) is 5.26 Å². The highest BCUT2D eigenvalue weighted by molar-refractivity contribution is 5.87. The van der Waals surface area contributed by atoms with Gasteiger partial charge in [-0.1, -0.05) is 44.7 Å². The number of hydrogen-bond acceptors (Lipinski definition) is 4. The van der Waals surface area contributed by atoms with E-state index >= 15 is 0 Å². The summed E-state index contributed by atoms with van der Waals surface area (Å²) >= 11 is 0. The van der Waals surface area contributed by atoms with Crippen LogP contribution >= 0.6 is 0 Å². The lowest BCUT2D eigenvalue weighted by molar-refractivity contribution is -0.132. The SMILES string of the molecule is C=C(CNc1cc(-c2ccc(C(C)C)cc2)c2c(c1C#N)CCO2)C(=O)O. The van der Waals surface area contributed by atoms with E-state index in [1.807, 2.05) is 6.07 Å². The number of hydrogen-bond donors (Lipinski definition) is 2. The summed E-state index contributed by atoms with van der Waals surface area (Å²) in [7, 11) is 0. The van der Waals surface area contributed by atoms with E-state index in [4.69, 9.17) is 9.84 Å². The average molecular weight is 362 g/mol. The summed E-state index contributed by atoms with van der Waals surface area (Å²) < 4.78 is 5.83. The number of carboxylic acid groups (broad SMARTS) is 1. The van der Waals surface area contributed by atoms with Crippen LogP contribution in [0, 0.1) is 11.3 Å². The lowest BCUT2D eigenvalue weighted by Crippen LogP contribution is -2.12. The molecule has 2 aromatic carbocycles. The molecule has 0 bridgehead atoms. The number of carboxylic acids is 1. The molecule has 0 atom stereocenters. The molecule has 138 valence electrons. The van der Waals surface area contributed by atoms with E-state index in [1.165, 1.54) is 5.56 Å². The van der Waals surface area contributed by atoms with Crippen LogP contribution in [-0.2, 0) is 11.2 Å². The Morgan fingerprint density at radius 3 is 2.67 bits per heavy atom. The Morgan fingerprint density at radius 2 is 2.07 bits per heavy atom. The first-order chi connectivity index (χ1) is 12.9. The fraction of sp³-hybridized carbons (Fsp3) is 0.273. The minimum Gasteiger partial charge on any atom is -0.492 e. The number of nitrogens with one attached hydrogen (secondary N) is 1. The van der Waals surface area contributed by atoms with Crippen LogP contribution in [0.25, 0.3) is 11.1 Å². The molecule has 0 saturated heterocycles. The fourth-order valence-corrected chi connectivity index (χ4v) is 3.19. The normalized spacial score (nSPS) is 12.2. The monoisotopic (exact) mass is 362 g/mol. The van der Waals surface area contributed by atoms with Crippen molar-refractivity contribution in [2.45, 2.75) is 26.2 Å². The molecule has 2 N–H and O–H groups in total. The summed E-state index contributed by atoms with van der Waals surface area (Å²) in [5.74, 6) is 0.127. The molecule has 0 spiro atoms. The van der Waals surface area contributed by atoms with Crippen LogP contribution in [-0.4, -0.2) is 24.2 Å². The first-order valence-corrected chi connectivity index (χ1v) is 8.90. The summed E-state index contributed by atoms with van der Waals surface area (Å²) in [6, 6.07) is 12.4. The van der Waals surface area contributed by atoms with E-state index in [2.05, 4.69) is 56.1 Å². The van der Waals surface area contributed by atoms with Gasteiger partial charge in [0.25, 0.3) is 0 Å². The van der Waals surface area contributed by atoms with Crippen LogP contribution in [0.3, 0.4) is 0 Å². The first-order valence-electron chi connectivity index (χ1n) is 8.90. The van der Waals surface area contributed by atoms with E-state index in [0.29, 0.717) is 30.2 Å². The van der Waals surface area contributed by atoms with Gasteiger partial charge in [-0.05, 0) is 23.1 Å². The van der Waals surface area contributed by atoms with Crippen LogP contribution in [0.15, 0.2) is 42.5 Å². The highest BCUT2D eigenvalue weighted by atomic mass is 16.5. The summed E-state index contributed by atoms with van der Waals surface area (Å²) in [6.45, 7) is 8.43. The molecule has 0 aliphatic carbocycles. The van der Waals surface area contributed by atoms with Crippen molar-refractivity contribution >= 4 is 11.7 Å². The number of fused-ring (bicyclic) bond motifs is 1. The molecule has 0 saturated carbocycles. The smallest absolute Gasteiger partial charge is 0.332 e. The van der Waals surface area contributed by atoms with Gasteiger partial charge in [0.2, 0.25) is 0 Å². The van der Waals surface area contributed by atoms with Gasteiger partial charge in [0.05, 0.1) is 17.9 Å². The third kappa shape index (κ3) is 3.65. The predicted molar refractivity (Wildman–Crippen MR) is 105 cm³/mol. The second kappa shape index (κ2) is 7.55. The number of carbonyl (C=O) groups is 1. The van der Waals surface area contributed by atoms with Crippen LogP contribution in [0.5, 0.6) is 5.75 Å². The molecule has 2 aromatic rings. The van der Waals surface area contributed by atoms with Crippen LogP contribution in [0.4, 0.5) is 5.69 Å². The molecule has 0 unspecified atom stereocenters. The maximum absolute atomic E-state index is 11.0. The van der Waals surface area contributed by atoms with Crippen molar-refractivity contribution in [3.8, 4) is 22.9 Å². The molecule has 0 fully saturated rings. The Bertz CT molecular complexity index is 938. The maximum atomic E-state index is 11.0. The Kier molecular flexibility index (Phi) is 5.18. The Balaban J connectivity index is 2.05. The maximum Gasteiger partial charge on any atom is 0.332 e. The van der Waals surface area contributed by atoms with Crippen molar-refractivity contribution in [3.05, 3.63) is 59.2 Å². The fourth-order valence-electron chi connectivity index (χ4n) is 3.19. The minimum atomic E-state index is -1.06. The minimum absolute atomic E-state index is 0.0403. The zero-order valence-corrected chi connectivity index (χ0v) is 15.5. The molecule has 1 aliphatic heterocycles. The van der Waals surface area contributed by atoms with Crippen molar-refractivity contribution < 1.29 is 14.6 Å². The highest BCUT2D eigenvalue weighted by Crippen LogP contribution is 2.42. The topological polar surface area (TPSA) is 82.3 Å². The van der Waals surface area contributed by atoms with Gasteiger partial charge in [0.1, 0.15) is 11.8 Å². The third-order valence-electron chi connectivity index (χ3n) is 4.77. The summed E-state index contributed by atoms with van der Waals surface area (Å²) in [4.78, 5) is 11.0. The van der Waals surface area contributed by atoms with Gasteiger partial charge in [0, 0.05) is 29.7 Å². The van der Waals surface area contributed by atoms with Gasteiger partial charge in [-0.3, -0.25) is 0 Å². The Hall–Kier alpha value is -3.26. The van der Waals surface area contributed by atoms with Gasteiger partial charge in [-0.15, -0.1) is 0 Å². The van der Waals surface area contributed by atoms with Crippen molar-refractivity contribution in [2.75, 3.05) is 18.5 Å². The number of nitrogens with zero attached hydrogens (tertiary/aromatic N) is 1. The lowest BCUT2D eigenvalue weighted by Gasteiger charge is -2.16. The van der Waals surface area contributed by atoms with Gasteiger partial charge in [-0.2, -0.15) is 5.26 Å². The molecular formula is C22H22N2O3. The van der Waals surface area contributed by atoms with Gasteiger partial charge >= 0.3 is 5.97 Å². The predicted octanol–water partition coefficient (Wildman–Crippen LogP) is 4.34.